The van der Waals surface area contributed by atoms with Crippen molar-refractivity contribution in [1.29, 1.82) is 0 Å². The second kappa shape index (κ2) is 3.87. The quantitative estimate of drug-likeness (QED) is 0.800. The van der Waals surface area contributed by atoms with Gasteiger partial charge in [0.15, 0.2) is 5.82 Å². The number of rotatable bonds is 1. The van der Waals surface area contributed by atoms with E-state index in [1.807, 2.05) is 4.52 Å². The first kappa shape index (κ1) is 11.1. The minimum atomic E-state index is -0.255. The lowest BCUT2D eigenvalue weighted by Crippen LogP contribution is -2.22. The van der Waals surface area contributed by atoms with Crippen LogP contribution in [-0.2, 0) is 12.8 Å². The topological polar surface area (TPSA) is 66.8 Å². The fourth-order valence-electron chi connectivity index (χ4n) is 3.32. The Morgan fingerprint density at radius 2 is 2.21 bits per heavy atom. The number of nitrogens with two attached hydrogens (primary N) is 1. The number of β-amino-alcohol motifs (C(OH)–C–C–N with tert-alkyl or cyclic N) is 1. The average Bonchev–Trinajstić information content (AvgIpc) is 3.07. The molecule has 1 aliphatic heterocycles. The molecule has 3 N–H and O–H groups in total. The SMILES string of the molecule is Nc1c(N2CCC(O)C2)nn2c3c(ccc12)CCC3. The fourth-order valence-corrected chi connectivity index (χ4v) is 3.32. The predicted octanol–water partition coefficient (Wildman–Crippen LogP) is 0.976. The molecule has 19 heavy (non-hydrogen) atoms. The maximum absolute atomic E-state index is 9.66. The van der Waals surface area contributed by atoms with Crippen LogP contribution in [0, 0.1) is 0 Å². The third kappa shape index (κ3) is 1.54. The van der Waals surface area contributed by atoms with E-state index in [1.165, 1.54) is 17.7 Å². The Kier molecular flexibility index (Phi) is 2.26. The molecule has 1 saturated heterocycles. The second-order valence-electron chi connectivity index (χ2n) is 5.58. The minimum Gasteiger partial charge on any atom is -0.394 e. The van der Waals surface area contributed by atoms with E-state index in [9.17, 15) is 5.11 Å². The van der Waals surface area contributed by atoms with Gasteiger partial charge in [-0.15, -0.1) is 5.10 Å². The van der Waals surface area contributed by atoms with Crippen LogP contribution in [0.25, 0.3) is 5.52 Å². The van der Waals surface area contributed by atoms with E-state index in [0.717, 1.165) is 42.8 Å². The highest BCUT2D eigenvalue weighted by molar-refractivity contribution is 5.82. The molecule has 5 nitrogen and oxygen atoms in total. The van der Waals surface area contributed by atoms with Gasteiger partial charge in [-0.3, -0.25) is 0 Å². The van der Waals surface area contributed by atoms with Crippen molar-refractivity contribution in [2.75, 3.05) is 23.7 Å². The number of nitrogen functional groups attached to an aromatic ring is 1. The van der Waals surface area contributed by atoms with Crippen molar-refractivity contribution in [1.82, 2.24) is 9.61 Å². The fraction of sp³-hybridized carbons (Fsp3) is 0.500. The molecule has 0 bridgehead atoms. The Labute approximate surface area is 111 Å². The number of aromatic nitrogens is 2. The van der Waals surface area contributed by atoms with Gasteiger partial charge in [0, 0.05) is 18.8 Å². The van der Waals surface area contributed by atoms with Gasteiger partial charge in [0.05, 0.1) is 11.6 Å². The summed E-state index contributed by atoms with van der Waals surface area (Å²) >= 11 is 0. The Hall–Kier alpha value is -1.75. The van der Waals surface area contributed by atoms with Gasteiger partial charge in [-0.2, -0.15) is 0 Å². The number of pyridine rings is 1. The van der Waals surface area contributed by atoms with Crippen LogP contribution >= 0.6 is 0 Å². The first-order valence-corrected chi connectivity index (χ1v) is 6.96. The number of aliphatic hydroxyl groups excluding tert-OH is 1. The molecule has 2 aromatic heterocycles. The molecule has 100 valence electrons. The summed E-state index contributed by atoms with van der Waals surface area (Å²) in [5.74, 6) is 0.830. The molecular formula is C14H18N4O. The third-order valence-corrected chi connectivity index (χ3v) is 4.33. The number of aliphatic hydroxyl groups is 1. The molecule has 2 aliphatic rings. The van der Waals surface area contributed by atoms with E-state index >= 15 is 0 Å². The van der Waals surface area contributed by atoms with Crippen LogP contribution in [0.2, 0.25) is 0 Å². The maximum atomic E-state index is 9.66. The Balaban J connectivity index is 1.87. The van der Waals surface area contributed by atoms with Crippen LogP contribution in [0.5, 0.6) is 0 Å². The predicted molar refractivity (Wildman–Crippen MR) is 74.5 cm³/mol. The molecule has 2 aromatic rings. The largest absolute Gasteiger partial charge is 0.394 e. The van der Waals surface area contributed by atoms with Crippen molar-refractivity contribution in [3.63, 3.8) is 0 Å². The number of anilines is 2. The lowest BCUT2D eigenvalue weighted by Gasteiger charge is -2.14. The van der Waals surface area contributed by atoms with Gasteiger partial charge in [-0.25, -0.2) is 4.52 Å². The van der Waals surface area contributed by atoms with E-state index < -0.39 is 0 Å². The van der Waals surface area contributed by atoms with Gasteiger partial charge in [-0.1, -0.05) is 6.07 Å². The molecule has 3 heterocycles. The summed E-state index contributed by atoms with van der Waals surface area (Å²) in [6, 6.07) is 4.25. The van der Waals surface area contributed by atoms with E-state index in [0.29, 0.717) is 6.54 Å². The van der Waals surface area contributed by atoms with Gasteiger partial charge < -0.3 is 15.7 Å². The number of nitrogens with zero attached hydrogens (tertiary/aromatic N) is 3. The molecule has 0 spiro atoms. The van der Waals surface area contributed by atoms with Gasteiger partial charge in [0.1, 0.15) is 5.69 Å². The number of hydrogen-bond donors (Lipinski definition) is 2. The Morgan fingerprint density at radius 3 is 3.00 bits per heavy atom. The van der Waals surface area contributed by atoms with E-state index in [2.05, 4.69) is 17.0 Å². The van der Waals surface area contributed by atoms with Gasteiger partial charge >= 0.3 is 0 Å². The summed E-state index contributed by atoms with van der Waals surface area (Å²) in [4.78, 5) is 2.09. The summed E-state index contributed by atoms with van der Waals surface area (Å²) in [7, 11) is 0. The molecule has 1 fully saturated rings. The molecule has 1 unspecified atom stereocenters. The van der Waals surface area contributed by atoms with Crippen LogP contribution in [0.15, 0.2) is 12.1 Å². The zero-order valence-corrected chi connectivity index (χ0v) is 10.8. The van der Waals surface area contributed by atoms with Crippen molar-refractivity contribution in [2.24, 2.45) is 0 Å². The summed E-state index contributed by atoms with van der Waals surface area (Å²) in [6.45, 7) is 1.47. The Bertz CT molecular complexity index is 648. The smallest absolute Gasteiger partial charge is 0.175 e. The van der Waals surface area contributed by atoms with Crippen LogP contribution in [0.4, 0.5) is 11.5 Å². The number of fused-ring (bicyclic) bond motifs is 3. The molecule has 4 rings (SSSR count). The average molecular weight is 258 g/mol. The first-order valence-electron chi connectivity index (χ1n) is 6.96. The molecule has 5 heteroatoms. The van der Waals surface area contributed by atoms with Crippen LogP contribution in [0.3, 0.4) is 0 Å². The zero-order chi connectivity index (χ0) is 13.0. The molecule has 0 amide bonds. The van der Waals surface area contributed by atoms with Crippen LogP contribution < -0.4 is 10.6 Å². The molecule has 0 aromatic carbocycles. The van der Waals surface area contributed by atoms with Crippen molar-refractivity contribution >= 4 is 17.0 Å². The maximum Gasteiger partial charge on any atom is 0.175 e. The van der Waals surface area contributed by atoms with Crippen molar-refractivity contribution in [2.45, 2.75) is 31.8 Å². The highest BCUT2D eigenvalue weighted by Crippen LogP contribution is 2.32. The summed E-state index contributed by atoms with van der Waals surface area (Å²) in [6.07, 6.45) is 3.96. The second-order valence-corrected chi connectivity index (χ2v) is 5.58. The normalized spacial score (nSPS) is 22.4. The van der Waals surface area contributed by atoms with Gasteiger partial charge in [0.2, 0.25) is 0 Å². The standard InChI is InChI=1S/C14H18N4O/c15-13-12-5-4-9-2-1-3-11(9)18(12)16-14(13)17-7-6-10(19)8-17/h4-5,10,19H,1-3,6-8,15H2. The monoisotopic (exact) mass is 258 g/mol. The third-order valence-electron chi connectivity index (χ3n) is 4.33. The summed E-state index contributed by atoms with van der Waals surface area (Å²) < 4.78 is 2.01. The van der Waals surface area contributed by atoms with Crippen LogP contribution in [-0.4, -0.2) is 33.9 Å². The van der Waals surface area contributed by atoms with Crippen LogP contribution in [0.1, 0.15) is 24.1 Å². The van der Waals surface area contributed by atoms with Crippen molar-refractivity contribution in [3.05, 3.63) is 23.4 Å². The van der Waals surface area contributed by atoms with E-state index in [-0.39, 0.29) is 6.10 Å². The first-order chi connectivity index (χ1) is 9.24. The van der Waals surface area contributed by atoms with Gasteiger partial charge in [-0.05, 0) is 37.3 Å². The molecule has 0 radical (unpaired) electrons. The van der Waals surface area contributed by atoms with Crippen molar-refractivity contribution < 1.29 is 5.11 Å². The number of aryl methyl sites for hydroxylation is 2. The van der Waals surface area contributed by atoms with E-state index in [4.69, 9.17) is 10.8 Å². The molecule has 1 atom stereocenters. The lowest BCUT2D eigenvalue weighted by atomic mass is 10.2. The highest BCUT2D eigenvalue weighted by atomic mass is 16.3. The van der Waals surface area contributed by atoms with E-state index in [1.54, 1.807) is 0 Å². The van der Waals surface area contributed by atoms with Gasteiger partial charge in [0.25, 0.3) is 0 Å². The summed E-state index contributed by atoms with van der Waals surface area (Å²) in [5.41, 5.74) is 10.7. The lowest BCUT2D eigenvalue weighted by molar-refractivity contribution is 0.198. The molecule has 1 aliphatic carbocycles. The highest BCUT2D eigenvalue weighted by Gasteiger charge is 2.26. The summed E-state index contributed by atoms with van der Waals surface area (Å²) in [5, 5.41) is 14.4. The number of hydrogen-bond acceptors (Lipinski definition) is 4. The molecular weight excluding hydrogens is 240 g/mol. The Morgan fingerprint density at radius 1 is 1.32 bits per heavy atom. The zero-order valence-electron chi connectivity index (χ0n) is 10.8. The minimum absolute atomic E-state index is 0.255. The van der Waals surface area contributed by atoms with Crippen molar-refractivity contribution in [3.8, 4) is 0 Å². The molecule has 0 saturated carbocycles.